The van der Waals surface area contributed by atoms with Gasteiger partial charge in [0.2, 0.25) is 5.91 Å². The maximum atomic E-state index is 11.1. The van der Waals surface area contributed by atoms with E-state index in [1.54, 1.807) is 0 Å². The predicted molar refractivity (Wildman–Crippen MR) is 37.3 cm³/mol. The van der Waals surface area contributed by atoms with Crippen LogP contribution in [0.2, 0.25) is 0 Å². The Kier molecular flexibility index (Phi) is 1.20. The first-order valence-electron chi connectivity index (χ1n) is 3.84. The Hall–Kier alpha value is -0.570. The van der Waals surface area contributed by atoms with Crippen LogP contribution in [0.1, 0.15) is 19.3 Å². The molecule has 0 spiro atoms. The monoisotopic (exact) mass is 140 g/mol. The highest BCUT2D eigenvalue weighted by Gasteiger charge is 2.39. The van der Waals surface area contributed by atoms with Crippen molar-refractivity contribution in [3.8, 4) is 0 Å². The van der Waals surface area contributed by atoms with Gasteiger partial charge >= 0.3 is 0 Å². The molecule has 0 aromatic heterocycles. The van der Waals surface area contributed by atoms with E-state index in [2.05, 4.69) is 0 Å². The molecule has 2 saturated heterocycles. The minimum Gasteiger partial charge on any atom is -0.338 e. The summed E-state index contributed by atoms with van der Waals surface area (Å²) < 4.78 is 0. The highest BCUT2D eigenvalue weighted by Crippen LogP contribution is 2.27. The van der Waals surface area contributed by atoms with Crippen LogP contribution in [0, 0.1) is 0 Å². The normalized spacial score (nSPS) is 38.9. The SMILES string of the molecule is NC1CCN2C(=O)CCC12. The van der Waals surface area contributed by atoms with Gasteiger partial charge in [0.15, 0.2) is 0 Å². The molecular formula is C7H12N2O. The van der Waals surface area contributed by atoms with E-state index in [1.807, 2.05) is 4.90 Å². The number of hydrogen-bond donors (Lipinski definition) is 1. The number of carbonyl (C=O) groups is 1. The highest BCUT2D eigenvalue weighted by atomic mass is 16.2. The molecule has 2 unspecified atom stereocenters. The second-order valence-corrected chi connectivity index (χ2v) is 3.15. The van der Waals surface area contributed by atoms with Crippen molar-refractivity contribution in [1.29, 1.82) is 0 Å². The highest BCUT2D eigenvalue weighted by molar-refractivity contribution is 5.79. The zero-order valence-corrected chi connectivity index (χ0v) is 5.92. The molecule has 0 aromatic carbocycles. The number of hydrogen-bond acceptors (Lipinski definition) is 2. The molecule has 0 radical (unpaired) electrons. The third-order valence-corrected chi connectivity index (χ3v) is 2.57. The molecule has 2 fully saturated rings. The van der Waals surface area contributed by atoms with Gasteiger partial charge in [-0.2, -0.15) is 0 Å². The average Bonchev–Trinajstić information content (AvgIpc) is 2.41. The lowest BCUT2D eigenvalue weighted by molar-refractivity contribution is -0.127. The summed E-state index contributed by atoms with van der Waals surface area (Å²) in [5, 5.41) is 0. The molecule has 2 heterocycles. The molecule has 56 valence electrons. The molecule has 0 aliphatic carbocycles. The summed E-state index contributed by atoms with van der Waals surface area (Å²) in [6.07, 6.45) is 2.70. The molecule has 0 bridgehead atoms. The van der Waals surface area contributed by atoms with Gasteiger partial charge in [0.25, 0.3) is 0 Å². The molecule has 2 aliphatic heterocycles. The van der Waals surface area contributed by atoms with E-state index in [9.17, 15) is 4.79 Å². The largest absolute Gasteiger partial charge is 0.338 e. The van der Waals surface area contributed by atoms with Crippen LogP contribution < -0.4 is 5.73 Å². The van der Waals surface area contributed by atoms with Gasteiger partial charge < -0.3 is 10.6 Å². The van der Waals surface area contributed by atoms with Gasteiger partial charge in [0, 0.05) is 25.0 Å². The smallest absolute Gasteiger partial charge is 0.222 e. The van der Waals surface area contributed by atoms with Gasteiger partial charge in [-0.15, -0.1) is 0 Å². The lowest BCUT2D eigenvalue weighted by Crippen LogP contribution is -2.35. The van der Waals surface area contributed by atoms with Gasteiger partial charge in [0.1, 0.15) is 0 Å². The van der Waals surface area contributed by atoms with Gasteiger partial charge in [-0.1, -0.05) is 0 Å². The lowest BCUT2D eigenvalue weighted by atomic mass is 10.1. The standard InChI is InChI=1S/C7H12N2O/c8-5-3-4-9-6(5)1-2-7(9)10/h5-6H,1-4,8H2. The van der Waals surface area contributed by atoms with E-state index >= 15 is 0 Å². The van der Waals surface area contributed by atoms with Crippen molar-refractivity contribution in [3.63, 3.8) is 0 Å². The Balaban J connectivity index is 2.16. The van der Waals surface area contributed by atoms with Crippen molar-refractivity contribution in [2.45, 2.75) is 31.3 Å². The first-order valence-corrected chi connectivity index (χ1v) is 3.84. The van der Waals surface area contributed by atoms with Gasteiger partial charge in [-0.3, -0.25) is 4.79 Å². The molecule has 0 saturated carbocycles. The minimum atomic E-state index is 0.256. The Bertz CT molecular complexity index is 169. The Morgan fingerprint density at radius 2 is 2.30 bits per heavy atom. The number of fused-ring (bicyclic) bond motifs is 1. The minimum absolute atomic E-state index is 0.256. The molecule has 1 amide bonds. The van der Waals surface area contributed by atoms with Gasteiger partial charge in [-0.25, -0.2) is 0 Å². The summed E-state index contributed by atoms with van der Waals surface area (Å²) in [7, 11) is 0. The predicted octanol–water partition coefficient (Wildman–Crippen LogP) is -0.292. The summed E-state index contributed by atoms with van der Waals surface area (Å²) >= 11 is 0. The van der Waals surface area contributed by atoms with Crippen LogP contribution in [-0.4, -0.2) is 29.4 Å². The lowest BCUT2D eigenvalue weighted by Gasteiger charge is -2.16. The molecule has 2 atom stereocenters. The summed E-state index contributed by atoms with van der Waals surface area (Å²) in [4.78, 5) is 13.0. The molecule has 2 N–H and O–H groups in total. The summed E-state index contributed by atoms with van der Waals surface area (Å²) in [5.41, 5.74) is 5.79. The maximum absolute atomic E-state index is 11.1. The Morgan fingerprint density at radius 1 is 1.50 bits per heavy atom. The van der Waals surface area contributed by atoms with E-state index in [0.717, 1.165) is 25.8 Å². The molecule has 10 heavy (non-hydrogen) atoms. The molecule has 2 rings (SSSR count). The van der Waals surface area contributed by atoms with Gasteiger partial charge in [0.05, 0.1) is 0 Å². The molecular weight excluding hydrogens is 128 g/mol. The molecule has 0 aromatic rings. The van der Waals surface area contributed by atoms with Crippen LogP contribution in [0.25, 0.3) is 0 Å². The number of nitrogens with two attached hydrogens (primary N) is 1. The third kappa shape index (κ3) is 0.669. The van der Waals surface area contributed by atoms with Crippen LogP contribution in [0.15, 0.2) is 0 Å². The van der Waals surface area contributed by atoms with Crippen molar-refractivity contribution in [2.24, 2.45) is 5.73 Å². The molecule has 2 aliphatic rings. The zero-order chi connectivity index (χ0) is 7.14. The number of carbonyl (C=O) groups excluding carboxylic acids is 1. The molecule has 3 nitrogen and oxygen atoms in total. The topological polar surface area (TPSA) is 46.3 Å². The van der Waals surface area contributed by atoms with Crippen molar-refractivity contribution < 1.29 is 4.79 Å². The van der Waals surface area contributed by atoms with E-state index in [4.69, 9.17) is 5.73 Å². The van der Waals surface area contributed by atoms with Gasteiger partial charge in [-0.05, 0) is 12.8 Å². The quantitative estimate of drug-likeness (QED) is 0.502. The van der Waals surface area contributed by atoms with Crippen molar-refractivity contribution in [1.82, 2.24) is 4.90 Å². The summed E-state index contributed by atoms with van der Waals surface area (Å²) in [6.45, 7) is 0.894. The fourth-order valence-electron chi connectivity index (χ4n) is 1.97. The number of nitrogens with zero attached hydrogens (tertiary/aromatic N) is 1. The van der Waals surface area contributed by atoms with Crippen molar-refractivity contribution in [3.05, 3.63) is 0 Å². The van der Waals surface area contributed by atoms with Crippen LogP contribution >= 0.6 is 0 Å². The second kappa shape index (κ2) is 1.95. The first-order chi connectivity index (χ1) is 4.79. The average molecular weight is 140 g/mol. The fraction of sp³-hybridized carbons (Fsp3) is 0.857. The second-order valence-electron chi connectivity index (χ2n) is 3.15. The fourth-order valence-corrected chi connectivity index (χ4v) is 1.97. The van der Waals surface area contributed by atoms with E-state index in [1.165, 1.54) is 0 Å². The number of rotatable bonds is 0. The van der Waals surface area contributed by atoms with Crippen LogP contribution in [0.3, 0.4) is 0 Å². The van der Waals surface area contributed by atoms with E-state index in [-0.39, 0.29) is 6.04 Å². The van der Waals surface area contributed by atoms with E-state index in [0.29, 0.717) is 11.9 Å². The van der Waals surface area contributed by atoms with Crippen molar-refractivity contribution >= 4 is 5.91 Å². The summed E-state index contributed by atoms with van der Waals surface area (Å²) in [6, 6.07) is 0.638. The van der Waals surface area contributed by atoms with Crippen LogP contribution in [-0.2, 0) is 4.79 Å². The molecule has 3 heteroatoms. The van der Waals surface area contributed by atoms with Crippen LogP contribution in [0.5, 0.6) is 0 Å². The van der Waals surface area contributed by atoms with Crippen LogP contribution in [0.4, 0.5) is 0 Å². The number of amides is 1. The van der Waals surface area contributed by atoms with E-state index < -0.39 is 0 Å². The first kappa shape index (κ1) is 6.16. The maximum Gasteiger partial charge on any atom is 0.222 e. The Morgan fingerprint density at radius 3 is 3.00 bits per heavy atom. The van der Waals surface area contributed by atoms with Crippen molar-refractivity contribution in [2.75, 3.05) is 6.54 Å². The summed E-state index contributed by atoms with van der Waals surface area (Å²) in [5.74, 6) is 0.304. The third-order valence-electron chi connectivity index (χ3n) is 2.57. The Labute approximate surface area is 60.2 Å². The zero-order valence-electron chi connectivity index (χ0n) is 5.92.